The minimum atomic E-state index is 0.320. The molecular formula is C21H30N2O. The summed E-state index contributed by atoms with van der Waals surface area (Å²) in [7, 11) is 0. The van der Waals surface area contributed by atoms with E-state index >= 15 is 0 Å². The maximum Gasteiger partial charge on any atom is 0.115 e. The molecule has 2 rings (SSSR count). The minimum Gasteiger partial charge on any atom is -0.508 e. The first kappa shape index (κ1) is 18.2. The number of hydrogen-bond acceptors (Lipinski definition) is 3. The van der Waals surface area contributed by atoms with Crippen LogP contribution < -0.4 is 10.6 Å². The molecule has 0 atom stereocenters. The summed E-state index contributed by atoms with van der Waals surface area (Å²) >= 11 is 0. The standard InChI is InChI=1S/C21H30N2O/c1-3-5-21(22-15-14-18-10-12-20(24)13-11-18)23-16-19-8-6-17(4-2)7-9-19/h5-6,8,10-13,22-24H,3-4,7,9,14-16H2,1-2H3/b21-5-. The van der Waals surface area contributed by atoms with Crippen LogP contribution in [0.3, 0.4) is 0 Å². The predicted molar refractivity (Wildman–Crippen MR) is 102 cm³/mol. The molecule has 1 aliphatic carbocycles. The Morgan fingerprint density at radius 3 is 2.38 bits per heavy atom. The summed E-state index contributed by atoms with van der Waals surface area (Å²) in [5, 5.41) is 16.3. The van der Waals surface area contributed by atoms with Gasteiger partial charge in [-0.1, -0.05) is 49.3 Å². The van der Waals surface area contributed by atoms with Crippen LogP contribution in [-0.2, 0) is 6.42 Å². The molecule has 0 bridgehead atoms. The van der Waals surface area contributed by atoms with Crippen molar-refractivity contribution in [2.24, 2.45) is 0 Å². The third kappa shape index (κ3) is 6.15. The summed E-state index contributed by atoms with van der Waals surface area (Å²) in [6.45, 7) is 6.16. The van der Waals surface area contributed by atoms with Crippen molar-refractivity contribution in [3.63, 3.8) is 0 Å². The molecule has 1 aromatic rings. The quantitative estimate of drug-likeness (QED) is 0.629. The molecule has 0 unspecified atom stereocenters. The van der Waals surface area contributed by atoms with E-state index in [-0.39, 0.29) is 0 Å². The topological polar surface area (TPSA) is 44.3 Å². The molecule has 1 aromatic carbocycles. The van der Waals surface area contributed by atoms with E-state index in [1.165, 1.54) is 24.0 Å². The third-order valence-corrected chi connectivity index (χ3v) is 4.36. The normalized spacial score (nSPS) is 14.8. The van der Waals surface area contributed by atoms with Crippen LogP contribution in [0.5, 0.6) is 5.75 Å². The highest BCUT2D eigenvalue weighted by molar-refractivity contribution is 5.26. The lowest BCUT2D eigenvalue weighted by molar-refractivity contribution is 0.475. The van der Waals surface area contributed by atoms with Crippen molar-refractivity contribution in [3.05, 3.63) is 65.0 Å². The van der Waals surface area contributed by atoms with Crippen LogP contribution in [0.15, 0.2) is 59.5 Å². The molecule has 24 heavy (non-hydrogen) atoms. The Kier molecular flexibility index (Phi) is 7.47. The van der Waals surface area contributed by atoms with E-state index < -0.39 is 0 Å². The van der Waals surface area contributed by atoms with Gasteiger partial charge in [-0.05, 0) is 55.9 Å². The Balaban J connectivity index is 1.78. The first-order valence-corrected chi connectivity index (χ1v) is 9.04. The van der Waals surface area contributed by atoms with Gasteiger partial charge in [0.15, 0.2) is 0 Å². The molecule has 1 aliphatic rings. The van der Waals surface area contributed by atoms with Gasteiger partial charge in [-0.3, -0.25) is 0 Å². The molecule has 0 spiro atoms. The minimum absolute atomic E-state index is 0.320. The Morgan fingerprint density at radius 1 is 1.04 bits per heavy atom. The molecule has 3 N–H and O–H groups in total. The van der Waals surface area contributed by atoms with Crippen LogP contribution in [0, 0.1) is 0 Å². The number of hydrogen-bond donors (Lipinski definition) is 3. The summed E-state index contributed by atoms with van der Waals surface area (Å²) in [4.78, 5) is 0. The highest BCUT2D eigenvalue weighted by atomic mass is 16.3. The smallest absolute Gasteiger partial charge is 0.115 e. The van der Waals surface area contributed by atoms with Gasteiger partial charge in [0.25, 0.3) is 0 Å². The maximum atomic E-state index is 9.32. The molecule has 0 aliphatic heterocycles. The van der Waals surface area contributed by atoms with E-state index in [2.05, 4.69) is 42.7 Å². The largest absolute Gasteiger partial charge is 0.508 e. The zero-order valence-corrected chi connectivity index (χ0v) is 14.9. The van der Waals surface area contributed by atoms with Gasteiger partial charge < -0.3 is 15.7 Å². The van der Waals surface area contributed by atoms with Crippen LogP contribution in [0.25, 0.3) is 0 Å². The zero-order valence-electron chi connectivity index (χ0n) is 14.9. The Hall–Kier alpha value is -2.16. The van der Waals surface area contributed by atoms with Crippen LogP contribution in [0.1, 0.15) is 45.1 Å². The molecule has 3 heteroatoms. The highest BCUT2D eigenvalue weighted by Gasteiger charge is 2.05. The van der Waals surface area contributed by atoms with Gasteiger partial charge >= 0.3 is 0 Å². The lowest BCUT2D eigenvalue weighted by Crippen LogP contribution is -2.29. The number of nitrogens with one attached hydrogen (secondary N) is 2. The zero-order chi connectivity index (χ0) is 17.2. The summed E-state index contributed by atoms with van der Waals surface area (Å²) < 4.78 is 0. The number of benzene rings is 1. The summed E-state index contributed by atoms with van der Waals surface area (Å²) in [6.07, 6.45) is 12.2. The van der Waals surface area contributed by atoms with Crippen molar-refractivity contribution < 1.29 is 5.11 Å². The van der Waals surface area contributed by atoms with E-state index in [0.29, 0.717) is 5.75 Å². The van der Waals surface area contributed by atoms with Gasteiger partial charge in [0.2, 0.25) is 0 Å². The second kappa shape index (κ2) is 9.86. The van der Waals surface area contributed by atoms with E-state index in [0.717, 1.165) is 38.2 Å². The fraction of sp³-hybridized carbons (Fsp3) is 0.429. The lowest BCUT2D eigenvalue weighted by Gasteiger charge is -2.18. The van der Waals surface area contributed by atoms with Gasteiger partial charge in [-0.25, -0.2) is 0 Å². The molecule has 0 aromatic heterocycles. The van der Waals surface area contributed by atoms with Gasteiger partial charge in [-0.2, -0.15) is 0 Å². The second-order valence-electron chi connectivity index (χ2n) is 6.23. The summed E-state index contributed by atoms with van der Waals surface area (Å²) in [5.41, 5.74) is 4.24. The Labute approximate surface area is 146 Å². The molecule has 0 radical (unpaired) electrons. The second-order valence-corrected chi connectivity index (χ2v) is 6.23. The van der Waals surface area contributed by atoms with E-state index in [1.54, 1.807) is 17.7 Å². The van der Waals surface area contributed by atoms with Crippen molar-refractivity contribution >= 4 is 0 Å². The van der Waals surface area contributed by atoms with Gasteiger partial charge in [0, 0.05) is 13.1 Å². The Morgan fingerprint density at radius 2 is 1.75 bits per heavy atom. The van der Waals surface area contributed by atoms with E-state index in [1.807, 2.05) is 12.1 Å². The fourth-order valence-electron chi connectivity index (χ4n) is 2.79. The Bertz CT molecular complexity index is 597. The average molecular weight is 326 g/mol. The maximum absolute atomic E-state index is 9.32. The third-order valence-electron chi connectivity index (χ3n) is 4.36. The molecule has 0 saturated heterocycles. The molecule has 0 saturated carbocycles. The fourth-order valence-corrected chi connectivity index (χ4v) is 2.79. The molecule has 0 fully saturated rings. The van der Waals surface area contributed by atoms with E-state index in [9.17, 15) is 5.11 Å². The van der Waals surface area contributed by atoms with Crippen molar-refractivity contribution in [1.82, 2.24) is 10.6 Å². The lowest BCUT2D eigenvalue weighted by atomic mass is 9.97. The highest BCUT2D eigenvalue weighted by Crippen LogP contribution is 2.19. The SMILES string of the molecule is CC/C=C(/NCCc1ccc(O)cc1)NCC1=CC=C(CC)CC1. The number of rotatable bonds is 9. The van der Waals surface area contributed by atoms with Crippen molar-refractivity contribution in [2.45, 2.75) is 46.0 Å². The predicted octanol–water partition coefficient (Wildman–Crippen LogP) is 4.42. The monoisotopic (exact) mass is 326 g/mol. The van der Waals surface area contributed by atoms with Gasteiger partial charge in [0.1, 0.15) is 5.75 Å². The number of phenols is 1. The van der Waals surface area contributed by atoms with Crippen LogP contribution in [0.2, 0.25) is 0 Å². The van der Waals surface area contributed by atoms with E-state index in [4.69, 9.17) is 0 Å². The molecule has 0 heterocycles. The van der Waals surface area contributed by atoms with Gasteiger partial charge in [-0.15, -0.1) is 0 Å². The van der Waals surface area contributed by atoms with Gasteiger partial charge in [0.05, 0.1) is 5.82 Å². The van der Waals surface area contributed by atoms with Crippen molar-refractivity contribution in [2.75, 3.05) is 13.1 Å². The molecule has 3 nitrogen and oxygen atoms in total. The number of allylic oxidation sites excluding steroid dienone is 4. The number of aromatic hydroxyl groups is 1. The first-order valence-electron chi connectivity index (χ1n) is 9.04. The molecule has 0 amide bonds. The average Bonchev–Trinajstić information content (AvgIpc) is 2.62. The van der Waals surface area contributed by atoms with Crippen molar-refractivity contribution in [3.8, 4) is 5.75 Å². The van der Waals surface area contributed by atoms with Crippen LogP contribution in [0.4, 0.5) is 0 Å². The molecule has 130 valence electrons. The molecular weight excluding hydrogens is 296 g/mol. The van der Waals surface area contributed by atoms with Crippen LogP contribution >= 0.6 is 0 Å². The van der Waals surface area contributed by atoms with Crippen LogP contribution in [-0.4, -0.2) is 18.2 Å². The first-order chi connectivity index (χ1) is 11.7. The summed E-state index contributed by atoms with van der Waals surface area (Å²) in [6, 6.07) is 7.42. The number of phenolic OH excluding ortho intramolecular Hbond substituents is 1. The van der Waals surface area contributed by atoms with Crippen molar-refractivity contribution in [1.29, 1.82) is 0 Å². The summed E-state index contributed by atoms with van der Waals surface area (Å²) in [5.74, 6) is 1.43.